The van der Waals surface area contributed by atoms with E-state index in [1.54, 1.807) is 31.2 Å². The third kappa shape index (κ3) is 5.97. The molecule has 0 fully saturated rings. The third-order valence-electron chi connectivity index (χ3n) is 5.38. The van der Waals surface area contributed by atoms with Gasteiger partial charge in [0.2, 0.25) is 0 Å². The summed E-state index contributed by atoms with van der Waals surface area (Å²) in [5.74, 6) is 0.406. The van der Waals surface area contributed by atoms with Crippen molar-refractivity contribution in [1.29, 1.82) is 0 Å². The standard InChI is InChI=1S/C28H23N3O4/c1-20(24-10-7-11-25(18-24)31(33)34)29-30-28(32)23-16-14-21(15-17-23)19-35-27-13-6-5-12-26(27)22-8-3-2-4-9-22/h2-18H,19H2,1H3,(H,30,32)/b29-20-. The highest BCUT2D eigenvalue weighted by Gasteiger charge is 2.10. The Morgan fingerprint density at radius 3 is 2.34 bits per heavy atom. The van der Waals surface area contributed by atoms with E-state index in [2.05, 4.69) is 10.5 Å². The van der Waals surface area contributed by atoms with Crippen molar-refractivity contribution in [2.45, 2.75) is 13.5 Å². The second-order valence-corrected chi connectivity index (χ2v) is 7.79. The number of carbonyl (C=O) groups is 1. The molecule has 7 heteroatoms. The second-order valence-electron chi connectivity index (χ2n) is 7.79. The number of nitrogens with zero attached hydrogens (tertiary/aromatic N) is 2. The highest BCUT2D eigenvalue weighted by atomic mass is 16.6. The highest BCUT2D eigenvalue weighted by Crippen LogP contribution is 2.30. The number of nitro benzene ring substituents is 1. The van der Waals surface area contributed by atoms with Crippen molar-refractivity contribution in [3.63, 3.8) is 0 Å². The predicted molar refractivity (Wildman–Crippen MR) is 135 cm³/mol. The SMILES string of the molecule is C/C(=N/NC(=O)c1ccc(COc2ccccc2-c2ccccc2)cc1)c1cccc([N+](=O)[O-])c1. The molecule has 0 aliphatic rings. The number of non-ortho nitro benzene ring substituents is 1. The molecule has 4 aromatic rings. The van der Waals surface area contributed by atoms with Gasteiger partial charge in [0.05, 0.1) is 10.6 Å². The number of amides is 1. The number of hydrogen-bond donors (Lipinski definition) is 1. The van der Waals surface area contributed by atoms with E-state index in [1.165, 1.54) is 12.1 Å². The summed E-state index contributed by atoms with van der Waals surface area (Å²) in [6.45, 7) is 2.03. The van der Waals surface area contributed by atoms with Gasteiger partial charge >= 0.3 is 0 Å². The van der Waals surface area contributed by atoms with Crippen molar-refractivity contribution in [3.05, 3.63) is 130 Å². The van der Waals surface area contributed by atoms with Gasteiger partial charge in [-0.1, -0.05) is 72.8 Å². The molecule has 174 valence electrons. The van der Waals surface area contributed by atoms with Crippen molar-refractivity contribution in [1.82, 2.24) is 5.43 Å². The lowest BCUT2D eigenvalue weighted by molar-refractivity contribution is -0.384. The maximum absolute atomic E-state index is 12.5. The van der Waals surface area contributed by atoms with Crippen LogP contribution in [0.25, 0.3) is 11.1 Å². The van der Waals surface area contributed by atoms with E-state index in [9.17, 15) is 14.9 Å². The summed E-state index contributed by atoms with van der Waals surface area (Å²) >= 11 is 0. The molecule has 0 aliphatic carbocycles. The highest BCUT2D eigenvalue weighted by molar-refractivity contribution is 6.01. The lowest BCUT2D eigenvalue weighted by atomic mass is 10.0. The smallest absolute Gasteiger partial charge is 0.271 e. The van der Waals surface area contributed by atoms with Gasteiger partial charge in [0.15, 0.2) is 0 Å². The van der Waals surface area contributed by atoms with E-state index in [-0.39, 0.29) is 11.6 Å². The van der Waals surface area contributed by atoms with Gasteiger partial charge in [0.1, 0.15) is 12.4 Å². The molecule has 0 saturated heterocycles. The van der Waals surface area contributed by atoms with Crippen LogP contribution in [0, 0.1) is 10.1 Å². The van der Waals surface area contributed by atoms with Crippen molar-refractivity contribution in [2.75, 3.05) is 0 Å². The minimum atomic E-state index is -0.471. The normalized spacial score (nSPS) is 11.1. The topological polar surface area (TPSA) is 93.8 Å². The molecular weight excluding hydrogens is 442 g/mol. The molecule has 0 atom stereocenters. The van der Waals surface area contributed by atoms with E-state index in [0.717, 1.165) is 22.4 Å². The average molecular weight is 466 g/mol. The first-order chi connectivity index (χ1) is 17.0. The summed E-state index contributed by atoms with van der Waals surface area (Å²) in [5.41, 5.74) is 6.93. The van der Waals surface area contributed by atoms with Crippen LogP contribution in [0.2, 0.25) is 0 Å². The van der Waals surface area contributed by atoms with Crippen LogP contribution < -0.4 is 10.2 Å². The fraction of sp³-hybridized carbons (Fsp3) is 0.0714. The average Bonchev–Trinajstić information content (AvgIpc) is 2.91. The number of nitro groups is 1. The third-order valence-corrected chi connectivity index (χ3v) is 5.38. The quantitative estimate of drug-likeness (QED) is 0.196. The van der Waals surface area contributed by atoms with Crippen molar-refractivity contribution < 1.29 is 14.5 Å². The Bertz CT molecular complexity index is 1370. The van der Waals surface area contributed by atoms with Crippen molar-refractivity contribution in [3.8, 4) is 16.9 Å². The van der Waals surface area contributed by atoms with E-state index >= 15 is 0 Å². The van der Waals surface area contributed by atoms with Gasteiger partial charge in [-0.05, 0) is 36.2 Å². The molecule has 0 aliphatic heterocycles. The molecule has 4 rings (SSSR count). The maximum Gasteiger partial charge on any atom is 0.271 e. The van der Waals surface area contributed by atoms with Crippen molar-refractivity contribution >= 4 is 17.3 Å². The van der Waals surface area contributed by atoms with Gasteiger partial charge in [-0.15, -0.1) is 0 Å². The Kier molecular flexibility index (Phi) is 7.28. The molecule has 7 nitrogen and oxygen atoms in total. The van der Waals surface area contributed by atoms with Gasteiger partial charge in [-0.25, -0.2) is 5.43 Å². The predicted octanol–water partition coefficient (Wildman–Crippen LogP) is 5.99. The van der Waals surface area contributed by atoms with E-state index in [1.807, 2.05) is 66.7 Å². The Balaban J connectivity index is 1.38. The van der Waals surface area contributed by atoms with Crippen molar-refractivity contribution in [2.24, 2.45) is 5.10 Å². The van der Waals surface area contributed by atoms with Crippen LogP contribution >= 0.6 is 0 Å². The minimum absolute atomic E-state index is 0.0347. The number of benzene rings is 4. The zero-order valence-corrected chi connectivity index (χ0v) is 19.0. The summed E-state index contributed by atoms with van der Waals surface area (Å²) in [6, 6.07) is 31.1. The monoisotopic (exact) mass is 465 g/mol. The van der Waals surface area contributed by atoms with E-state index < -0.39 is 4.92 Å². The molecule has 4 aromatic carbocycles. The number of nitrogens with one attached hydrogen (secondary N) is 1. The van der Waals surface area contributed by atoms with Crippen LogP contribution in [0.4, 0.5) is 5.69 Å². The Morgan fingerprint density at radius 2 is 1.60 bits per heavy atom. The first kappa shape index (κ1) is 23.4. The van der Waals surface area contributed by atoms with Gasteiger partial charge < -0.3 is 4.74 Å². The lowest BCUT2D eigenvalue weighted by Gasteiger charge is -2.12. The number of carbonyl (C=O) groups excluding carboxylic acids is 1. The molecular formula is C28H23N3O4. The maximum atomic E-state index is 12.5. The summed E-state index contributed by atoms with van der Waals surface area (Å²) in [6.07, 6.45) is 0. The Labute approximate surface area is 202 Å². The van der Waals surface area contributed by atoms with Crippen LogP contribution in [0.1, 0.15) is 28.4 Å². The van der Waals surface area contributed by atoms with E-state index in [0.29, 0.717) is 23.4 Å². The fourth-order valence-corrected chi connectivity index (χ4v) is 3.47. The molecule has 0 aromatic heterocycles. The molecule has 1 amide bonds. The summed E-state index contributed by atoms with van der Waals surface area (Å²) in [4.78, 5) is 23.0. The van der Waals surface area contributed by atoms with E-state index in [4.69, 9.17) is 4.74 Å². The van der Waals surface area contributed by atoms with Gasteiger partial charge in [-0.3, -0.25) is 14.9 Å². The molecule has 0 spiro atoms. The molecule has 0 saturated carbocycles. The zero-order chi connectivity index (χ0) is 24.6. The van der Waals surface area contributed by atoms with Gasteiger partial charge in [0, 0.05) is 28.8 Å². The molecule has 0 unspecified atom stereocenters. The Hall–Kier alpha value is -4.78. The molecule has 35 heavy (non-hydrogen) atoms. The first-order valence-electron chi connectivity index (χ1n) is 11.0. The molecule has 0 radical (unpaired) electrons. The first-order valence-corrected chi connectivity index (χ1v) is 11.0. The summed E-state index contributed by atoms with van der Waals surface area (Å²) in [5, 5.41) is 15.0. The van der Waals surface area contributed by atoms with Gasteiger partial charge in [-0.2, -0.15) is 5.10 Å². The second kappa shape index (κ2) is 10.9. The lowest BCUT2D eigenvalue weighted by Crippen LogP contribution is -2.19. The van der Waals surface area contributed by atoms with Crippen LogP contribution in [0.15, 0.2) is 108 Å². The largest absolute Gasteiger partial charge is 0.488 e. The summed E-state index contributed by atoms with van der Waals surface area (Å²) < 4.78 is 6.06. The minimum Gasteiger partial charge on any atom is -0.488 e. The number of rotatable bonds is 8. The Morgan fingerprint density at radius 1 is 0.886 bits per heavy atom. The van der Waals surface area contributed by atoms with Crippen LogP contribution in [-0.4, -0.2) is 16.5 Å². The van der Waals surface area contributed by atoms with Gasteiger partial charge in [0.25, 0.3) is 11.6 Å². The van der Waals surface area contributed by atoms with Crippen LogP contribution in [0.3, 0.4) is 0 Å². The fourth-order valence-electron chi connectivity index (χ4n) is 3.47. The molecule has 1 N–H and O–H groups in total. The summed E-state index contributed by atoms with van der Waals surface area (Å²) in [7, 11) is 0. The number of hydrogen-bond acceptors (Lipinski definition) is 5. The number of hydrazone groups is 1. The number of ether oxygens (including phenoxy) is 1. The zero-order valence-electron chi connectivity index (χ0n) is 19.0. The molecule has 0 heterocycles. The van der Waals surface area contributed by atoms with Crippen LogP contribution in [0.5, 0.6) is 5.75 Å². The number of para-hydroxylation sites is 1. The van der Waals surface area contributed by atoms with Crippen LogP contribution in [-0.2, 0) is 6.61 Å². The molecule has 0 bridgehead atoms.